The predicted molar refractivity (Wildman–Crippen MR) is 115 cm³/mol. The SMILES string of the molecule is CCN(C)Cc1cccc(CNC(=O)N(CC2CC2)C(C)c2ccccc2)c1. The largest absolute Gasteiger partial charge is 0.334 e. The highest BCUT2D eigenvalue weighted by molar-refractivity contribution is 5.74. The quantitative estimate of drug-likeness (QED) is 0.678. The number of carbonyl (C=O) groups excluding carboxylic acids is 1. The fourth-order valence-electron chi connectivity index (χ4n) is 3.45. The van der Waals surface area contributed by atoms with E-state index >= 15 is 0 Å². The lowest BCUT2D eigenvalue weighted by Gasteiger charge is -2.30. The molecule has 1 saturated carbocycles. The summed E-state index contributed by atoms with van der Waals surface area (Å²) in [4.78, 5) is 17.3. The molecule has 2 aromatic carbocycles. The van der Waals surface area contributed by atoms with E-state index in [4.69, 9.17) is 0 Å². The van der Waals surface area contributed by atoms with Gasteiger partial charge in [0.15, 0.2) is 0 Å². The fraction of sp³-hybridized carbons (Fsp3) is 0.458. The van der Waals surface area contributed by atoms with Crippen molar-refractivity contribution in [1.29, 1.82) is 0 Å². The van der Waals surface area contributed by atoms with Crippen LogP contribution in [0.5, 0.6) is 0 Å². The molecule has 150 valence electrons. The Labute approximate surface area is 169 Å². The molecular formula is C24H33N3O. The van der Waals surface area contributed by atoms with Crippen molar-refractivity contribution >= 4 is 6.03 Å². The smallest absolute Gasteiger partial charge is 0.318 e. The first-order valence-corrected chi connectivity index (χ1v) is 10.4. The molecule has 0 spiro atoms. The molecule has 3 rings (SSSR count). The summed E-state index contributed by atoms with van der Waals surface area (Å²) in [5, 5.41) is 3.15. The van der Waals surface area contributed by atoms with Gasteiger partial charge < -0.3 is 15.1 Å². The third-order valence-electron chi connectivity index (χ3n) is 5.59. The van der Waals surface area contributed by atoms with Crippen molar-refractivity contribution in [2.75, 3.05) is 20.1 Å². The minimum absolute atomic E-state index is 0.0272. The molecule has 2 aromatic rings. The molecule has 4 nitrogen and oxygen atoms in total. The number of carbonyl (C=O) groups is 1. The van der Waals surface area contributed by atoms with Crippen molar-refractivity contribution in [3.63, 3.8) is 0 Å². The number of nitrogens with one attached hydrogen (secondary N) is 1. The summed E-state index contributed by atoms with van der Waals surface area (Å²) >= 11 is 0. The normalized spacial score (nSPS) is 14.7. The molecule has 0 bridgehead atoms. The van der Waals surface area contributed by atoms with E-state index in [9.17, 15) is 4.79 Å². The van der Waals surface area contributed by atoms with Crippen LogP contribution < -0.4 is 5.32 Å². The maximum Gasteiger partial charge on any atom is 0.318 e. The van der Waals surface area contributed by atoms with Gasteiger partial charge in [-0.3, -0.25) is 0 Å². The second kappa shape index (κ2) is 9.74. The number of benzene rings is 2. The van der Waals surface area contributed by atoms with Gasteiger partial charge in [0.05, 0.1) is 6.04 Å². The fourth-order valence-corrected chi connectivity index (χ4v) is 3.45. The molecule has 0 heterocycles. The van der Waals surface area contributed by atoms with E-state index in [1.807, 2.05) is 23.1 Å². The van der Waals surface area contributed by atoms with Gasteiger partial charge in [-0.05, 0) is 56.0 Å². The monoisotopic (exact) mass is 379 g/mol. The maximum absolute atomic E-state index is 13.0. The van der Waals surface area contributed by atoms with E-state index in [-0.39, 0.29) is 12.1 Å². The van der Waals surface area contributed by atoms with E-state index in [0.29, 0.717) is 12.5 Å². The molecular weight excluding hydrogens is 346 g/mol. The Bertz CT molecular complexity index is 757. The molecule has 0 aliphatic heterocycles. The van der Waals surface area contributed by atoms with Crippen LogP contribution in [-0.4, -0.2) is 36.0 Å². The number of rotatable bonds is 9. The van der Waals surface area contributed by atoms with Crippen LogP contribution >= 0.6 is 0 Å². The molecule has 0 aromatic heterocycles. The molecule has 0 radical (unpaired) electrons. The molecule has 1 unspecified atom stereocenters. The second-order valence-corrected chi connectivity index (χ2v) is 7.99. The Morgan fingerprint density at radius 2 is 1.82 bits per heavy atom. The Morgan fingerprint density at radius 3 is 2.50 bits per heavy atom. The van der Waals surface area contributed by atoms with E-state index in [1.165, 1.54) is 24.0 Å². The summed E-state index contributed by atoms with van der Waals surface area (Å²) in [7, 11) is 2.12. The zero-order valence-electron chi connectivity index (χ0n) is 17.4. The van der Waals surface area contributed by atoms with Crippen LogP contribution in [-0.2, 0) is 13.1 Å². The van der Waals surface area contributed by atoms with E-state index < -0.39 is 0 Å². The van der Waals surface area contributed by atoms with Crippen LogP contribution in [0.25, 0.3) is 0 Å². The highest BCUT2D eigenvalue weighted by Gasteiger charge is 2.30. The zero-order valence-corrected chi connectivity index (χ0v) is 17.4. The lowest BCUT2D eigenvalue weighted by Crippen LogP contribution is -2.42. The molecule has 4 heteroatoms. The van der Waals surface area contributed by atoms with Crippen LogP contribution in [0.4, 0.5) is 4.79 Å². The highest BCUT2D eigenvalue weighted by atomic mass is 16.2. The standard InChI is InChI=1S/C24H33N3O/c1-4-26(3)17-22-10-8-9-21(15-22)16-25-24(28)27(18-20-13-14-20)19(2)23-11-6-5-7-12-23/h5-12,15,19-20H,4,13-14,16-18H2,1-3H3,(H,25,28). The van der Waals surface area contributed by atoms with Crippen molar-refractivity contribution in [3.8, 4) is 0 Å². The summed E-state index contributed by atoms with van der Waals surface area (Å²) in [6.45, 7) is 7.63. The summed E-state index contributed by atoms with van der Waals surface area (Å²) < 4.78 is 0. The van der Waals surface area contributed by atoms with E-state index in [2.05, 4.69) is 67.5 Å². The van der Waals surface area contributed by atoms with Crippen LogP contribution in [0.1, 0.15) is 49.4 Å². The third kappa shape index (κ3) is 5.83. The van der Waals surface area contributed by atoms with Crippen LogP contribution in [0.3, 0.4) is 0 Å². The average molecular weight is 380 g/mol. The molecule has 1 aliphatic rings. The minimum atomic E-state index is 0.0272. The van der Waals surface area contributed by atoms with Gasteiger partial charge in [0.2, 0.25) is 0 Å². The first-order chi connectivity index (χ1) is 13.6. The van der Waals surface area contributed by atoms with Gasteiger partial charge in [0, 0.05) is 19.6 Å². The number of hydrogen-bond acceptors (Lipinski definition) is 2. The van der Waals surface area contributed by atoms with Gasteiger partial charge in [-0.15, -0.1) is 0 Å². The van der Waals surface area contributed by atoms with Gasteiger partial charge in [0.25, 0.3) is 0 Å². The zero-order chi connectivity index (χ0) is 19.9. The summed E-state index contributed by atoms with van der Waals surface area (Å²) in [5.74, 6) is 0.657. The van der Waals surface area contributed by atoms with Crippen LogP contribution in [0.2, 0.25) is 0 Å². The van der Waals surface area contributed by atoms with Crippen LogP contribution in [0.15, 0.2) is 54.6 Å². The number of hydrogen-bond donors (Lipinski definition) is 1. The average Bonchev–Trinajstić information content (AvgIpc) is 3.55. The third-order valence-corrected chi connectivity index (χ3v) is 5.59. The summed E-state index contributed by atoms with van der Waals surface area (Å²) in [6.07, 6.45) is 2.47. The van der Waals surface area contributed by atoms with Crippen LogP contribution in [0, 0.1) is 5.92 Å². The van der Waals surface area contributed by atoms with Crippen molar-refractivity contribution in [3.05, 3.63) is 71.3 Å². The maximum atomic E-state index is 13.0. The first kappa shape index (κ1) is 20.4. The number of amides is 2. The Balaban J connectivity index is 1.63. The predicted octanol–water partition coefficient (Wildman–Crippen LogP) is 4.82. The molecule has 28 heavy (non-hydrogen) atoms. The topological polar surface area (TPSA) is 35.6 Å². The number of urea groups is 1. The molecule has 1 atom stereocenters. The second-order valence-electron chi connectivity index (χ2n) is 7.99. The van der Waals surface area contributed by atoms with Gasteiger partial charge in [-0.25, -0.2) is 4.79 Å². The van der Waals surface area contributed by atoms with E-state index in [1.54, 1.807) is 0 Å². The first-order valence-electron chi connectivity index (χ1n) is 10.4. The van der Waals surface area contributed by atoms with Gasteiger partial charge >= 0.3 is 6.03 Å². The minimum Gasteiger partial charge on any atom is -0.334 e. The van der Waals surface area contributed by atoms with E-state index in [0.717, 1.165) is 25.2 Å². The summed E-state index contributed by atoms with van der Waals surface area (Å²) in [5.41, 5.74) is 3.61. The molecule has 0 saturated heterocycles. The molecule has 1 N–H and O–H groups in total. The summed E-state index contributed by atoms with van der Waals surface area (Å²) in [6, 6.07) is 18.9. The Kier molecular flexibility index (Phi) is 7.10. The molecule has 2 amide bonds. The lowest BCUT2D eigenvalue weighted by molar-refractivity contribution is 0.175. The van der Waals surface area contributed by atoms with Crippen molar-refractivity contribution < 1.29 is 4.79 Å². The highest BCUT2D eigenvalue weighted by Crippen LogP contribution is 2.32. The van der Waals surface area contributed by atoms with Gasteiger partial charge in [-0.1, -0.05) is 61.5 Å². The van der Waals surface area contributed by atoms with Crippen molar-refractivity contribution in [1.82, 2.24) is 15.1 Å². The lowest BCUT2D eigenvalue weighted by atomic mass is 10.1. The van der Waals surface area contributed by atoms with Crippen molar-refractivity contribution in [2.24, 2.45) is 5.92 Å². The molecule has 1 fully saturated rings. The van der Waals surface area contributed by atoms with Crippen molar-refractivity contribution in [2.45, 2.75) is 45.8 Å². The Hall–Kier alpha value is -2.33. The number of nitrogens with zero attached hydrogens (tertiary/aromatic N) is 2. The Morgan fingerprint density at radius 1 is 1.11 bits per heavy atom. The van der Waals surface area contributed by atoms with Gasteiger partial charge in [-0.2, -0.15) is 0 Å². The van der Waals surface area contributed by atoms with Gasteiger partial charge in [0.1, 0.15) is 0 Å². The molecule has 1 aliphatic carbocycles.